The average molecular weight is 480 g/mol. The van der Waals surface area contributed by atoms with Crippen molar-refractivity contribution in [2.24, 2.45) is 23.2 Å². The van der Waals surface area contributed by atoms with Gasteiger partial charge in [-0.3, -0.25) is 9.59 Å². The molecule has 1 aliphatic heterocycles. The summed E-state index contributed by atoms with van der Waals surface area (Å²) in [5, 5.41) is 5.53. The summed E-state index contributed by atoms with van der Waals surface area (Å²) < 4.78 is 5.50. The minimum Gasteiger partial charge on any atom is -0.496 e. The molecule has 7 rings (SSSR count). The normalized spacial score (nSPS) is 31.6. The fraction of sp³-hybridized carbons (Fsp3) is 0.593. The maximum atomic E-state index is 13.9. The summed E-state index contributed by atoms with van der Waals surface area (Å²) in [6.07, 6.45) is 8.68. The Morgan fingerprint density at radius 3 is 2.53 bits per heavy atom. The third-order valence-electron chi connectivity index (χ3n) is 8.67. The Labute approximate surface area is 205 Å². The molecule has 0 radical (unpaired) electrons. The molecule has 180 valence electrons. The molecule has 1 N–H and O–H groups in total. The van der Waals surface area contributed by atoms with E-state index >= 15 is 0 Å². The molecule has 7 heteroatoms. The third-order valence-corrected chi connectivity index (χ3v) is 9.43. The molecule has 1 saturated heterocycles. The number of rotatable bonds is 5. The summed E-state index contributed by atoms with van der Waals surface area (Å²) in [5.41, 5.74) is 2.62. The van der Waals surface area contributed by atoms with Gasteiger partial charge in [-0.05, 0) is 88.2 Å². The Morgan fingerprint density at radius 1 is 1.15 bits per heavy atom. The lowest BCUT2D eigenvalue weighted by molar-refractivity contribution is -0.160. The highest BCUT2D eigenvalue weighted by atomic mass is 32.1. The van der Waals surface area contributed by atoms with Gasteiger partial charge in [-0.25, -0.2) is 4.98 Å². The number of carbonyl (C=O) groups is 2. The largest absolute Gasteiger partial charge is 0.496 e. The number of aryl methyl sites for hydroxylation is 1. The smallest absolute Gasteiger partial charge is 0.248 e. The van der Waals surface area contributed by atoms with Gasteiger partial charge in [0.2, 0.25) is 11.8 Å². The highest BCUT2D eigenvalue weighted by molar-refractivity contribution is 7.14. The van der Waals surface area contributed by atoms with Crippen LogP contribution >= 0.6 is 11.3 Å². The van der Waals surface area contributed by atoms with Crippen LogP contribution in [0.5, 0.6) is 5.75 Å². The summed E-state index contributed by atoms with van der Waals surface area (Å²) in [7, 11) is 1.65. The van der Waals surface area contributed by atoms with E-state index in [0.717, 1.165) is 72.4 Å². The zero-order valence-corrected chi connectivity index (χ0v) is 20.8. The summed E-state index contributed by atoms with van der Waals surface area (Å²) in [4.78, 5) is 33.8. The summed E-state index contributed by atoms with van der Waals surface area (Å²) in [6, 6.07) is 5.60. The molecule has 5 fully saturated rings. The van der Waals surface area contributed by atoms with Gasteiger partial charge in [-0.2, -0.15) is 0 Å². The van der Waals surface area contributed by atoms with E-state index in [2.05, 4.69) is 10.3 Å². The van der Waals surface area contributed by atoms with Crippen molar-refractivity contribution in [2.75, 3.05) is 19.0 Å². The first-order valence-electron chi connectivity index (χ1n) is 12.7. The van der Waals surface area contributed by atoms with E-state index < -0.39 is 0 Å². The Balaban J connectivity index is 1.18. The second-order valence-electron chi connectivity index (χ2n) is 11.1. The van der Waals surface area contributed by atoms with E-state index in [1.807, 2.05) is 35.4 Å². The van der Waals surface area contributed by atoms with Gasteiger partial charge in [-0.15, -0.1) is 11.3 Å². The van der Waals surface area contributed by atoms with E-state index in [1.165, 1.54) is 30.6 Å². The van der Waals surface area contributed by atoms with E-state index in [0.29, 0.717) is 11.7 Å². The lowest BCUT2D eigenvalue weighted by Gasteiger charge is -2.56. The van der Waals surface area contributed by atoms with E-state index in [9.17, 15) is 9.59 Å². The minimum absolute atomic E-state index is 0.104. The van der Waals surface area contributed by atoms with Gasteiger partial charge in [0.25, 0.3) is 0 Å². The van der Waals surface area contributed by atoms with Crippen LogP contribution in [0.2, 0.25) is 0 Å². The summed E-state index contributed by atoms with van der Waals surface area (Å²) >= 11 is 1.41. The molecule has 2 amide bonds. The number of amides is 2. The Hall–Kier alpha value is -2.41. The monoisotopic (exact) mass is 479 g/mol. The topological polar surface area (TPSA) is 71.5 Å². The number of carbonyl (C=O) groups excluding carboxylic acids is 2. The van der Waals surface area contributed by atoms with Crippen LogP contribution in [0.25, 0.3) is 11.3 Å². The van der Waals surface area contributed by atoms with Crippen LogP contribution in [0.1, 0.15) is 56.9 Å². The molecule has 0 spiro atoms. The average Bonchev–Trinajstić information content (AvgIpc) is 3.47. The fourth-order valence-corrected chi connectivity index (χ4v) is 8.34. The number of methoxy groups -OCH3 is 1. The van der Waals surface area contributed by atoms with Crippen LogP contribution in [0, 0.1) is 30.1 Å². The molecule has 34 heavy (non-hydrogen) atoms. The number of hydrogen-bond acceptors (Lipinski definition) is 5. The predicted molar refractivity (Wildman–Crippen MR) is 133 cm³/mol. The van der Waals surface area contributed by atoms with E-state index in [1.54, 1.807) is 7.11 Å². The maximum absolute atomic E-state index is 13.9. The minimum atomic E-state index is -0.388. The predicted octanol–water partition coefficient (Wildman–Crippen LogP) is 5.27. The number of nitrogens with one attached hydrogen (secondary N) is 1. The van der Waals surface area contributed by atoms with Gasteiger partial charge >= 0.3 is 0 Å². The molecule has 1 atom stereocenters. The number of thiazole rings is 1. The molecule has 2 heterocycles. The van der Waals surface area contributed by atoms with Crippen molar-refractivity contribution in [1.29, 1.82) is 0 Å². The van der Waals surface area contributed by atoms with Gasteiger partial charge in [0, 0.05) is 17.5 Å². The highest BCUT2D eigenvalue weighted by Gasteiger charge is 2.56. The van der Waals surface area contributed by atoms with Crippen molar-refractivity contribution >= 4 is 28.3 Å². The zero-order chi connectivity index (χ0) is 23.4. The summed E-state index contributed by atoms with van der Waals surface area (Å²) in [5.74, 6) is 3.07. The second kappa shape index (κ2) is 8.36. The van der Waals surface area contributed by atoms with E-state index in [4.69, 9.17) is 4.74 Å². The Morgan fingerprint density at radius 2 is 1.85 bits per heavy atom. The molecule has 1 unspecified atom stereocenters. The number of anilines is 1. The molecule has 4 bridgehead atoms. The quantitative estimate of drug-likeness (QED) is 0.634. The first kappa shape index (κ1) is 22.1. The first-order valence-corrected chi connectivity index (χ1v) is 13.5. The van der Waals surface area contributed by atoms with E-state index in [-0.39, 0.29) is 23.3 Å². The molecule has 2 aromatic rings. The van der Waals surface area contributed by atoms with Gasteiger partial charge in [0.15, 0.2) is 5.13 Å². The SMILES string of the molecule is COc1ccc(C)cc1-c1csc(NC(=O)C2CCCN2C(=O)C23CC4CC(CC(C4)C2)C3)n1. The van der Waals surface area contributed by atoms with Crippen molar-refractivity contribution in [3.63, 3.8) is 0 Å². The first-order chi connectivity index (χ1) is 16.4. The lowest BCUT2D eigenvalue weighted by Crippen LogP contribution is -2.56. The van der Waals surface area contributed by atoms with Crippen molar-refractivity contribution in [3.8, 4) is 17.0 Å². The fourth-order valence-electron chi connectivity index (χ4n) is 7.63. The van der Waals surface area contributed by atoms with Crippen molar-refractivity contribution < 1.29 is 14.3 Å². The van der Waals surface area contributed by atoms with Gasteiger partial charge in [-0.1, -0.05) is 11.6 Å². The number of aromatic nitrogens is 1. The van der Waals surface area contributed by atoms with Gasteiger partial charge < -0.3 is 15.0 Å². The van der Waals surface area contributed by atoms with Crippen molar-refractivity contribution in [1.82, 2.24) is 9.88 Å². The molecule has 4 aliphatic carbocycles. The number of hydrogen-bond donors (Lipinski definition) is 1. The summed E-state index contributed by atoms with van der Waals surface area (Å²) in [6.45, 7) is 2.73. The highest BCUT2D eigenvalue weighted by Crippen LogP contribution is 2.60. The molecule has 4 saturated carbocycles. The van der Waals surface area contributed by atoms with Gasteiger partial charge in [0.1, 0.15) is 11.8 Å². The number of likely N-dealkylation sites (tertiary alicyclic amines) is 1. The van der Waals surface area contributed by atoms with Crippen molar-refractivity contribution in [2.45, 2.75) is 64.3 Å². The standard InChI is InChI=1S/C27H33N3O3S/c1-16-5-6-23(33-2)20(8-16)21-15-34-26(28-21)29-24(31)22-4-3-7-30(22)25(32)27-12-17-9-18(13-27)11-19(10-17)14-27/h5-6,8,15,17-19,22H,3-4,7,9-14H2,1-2H3,(H,28,29,31). The molecule has 1 aromatic heterocycles. The Kier molecular flexibility index (Phi) is 5.43. The molecule has 6 nitrogen and oxygen atoms in total. The molecule has 1 aromatic carbocycles. The lowest BCUT2D eigenvalue weighted by atomic mass is 9.49. The zero-order valence-electron chi connectivity index (χ0n) is 20.0. The van der Waals surface area contributed by atoms with Crippen LogP contribution in [0.3, 0.4) is 0 Å². The Bertz CT molecular complexity index is 1090. The number of nitrogens with zero attached hydrogens (tertiary/aromatic N) is 2. The van der Waals surface area contributed by atoms with Crippen molar-refractivity contribution in [3.05, 3.63) is 29.1 Å². The number of benzene rings is 1. The third kappa shape index (κ3) is 3.72. The second-order valence-corrected chi connectivity index (χ2v) is 11.9. The van der Waals surface area contributed by atoms with Crippen LogP contribution in [-0.2, 0) is 9.59 Å². The molecular weight excluding hydrogens is 446 g/mol. The van der Waals surface area contributed by atoms with Crippen LogP contribution in [0.4, 0.5) is 5.13 Å². The molecular formula is C27H33N3O3S. The van der Waals surface area contributed by atoms with Gasteiger partial charge in [0.05, 0.1) is 18.2 Å². The number of ether oxygens (including phenoxy) is 1. The van der Waals surface area contributed by atoms with Crippen LogP contribution < -0.4 is 10.1 Å². The van der Waals surface area contributed by atoms with Crippen LogP contribution in [-0.4, -0.2) is 41.4 Å². The molecule has 5 aliphatic rings. The van der Waals surface area contributed by atoms with Crippen LogP contribution in [0.15, 0.2) is 23.6 Å². The maximum Gasteiger partial charge on any atom is 0.248 e.